The Morgan fingerprint density at radius 3 is 2.37 bits per heavy atom. The van der Waals surface area contributed by atoms with Gasteiger partial charge in [0.05, 0.1) is 20.3 Å². The molecule has 140 valence electrons. The second-order valence-electron chi connectivity index (χ2n) is 5.70. The lowest BCUT2D eigenvalue weighted by atomic mass is 10.1. The van der Waals surface area contributed by atoms with Crippen molar-refractivity contribution in [1.82, 2.24) is 4.90 Å². The molecule has 0 heterocycles. The van der Waals surface area contributed by atoms with E-state index in [1.165, 1.54) is 4.90 Å². The lowest BCUT2D eigenvalue weighted by Crippen LogP contribution is -2.34. The standard InChI is InChI=1S/C22H23NO4/c1-5-18-9-7-8-10-20(18)21(24)23(16(3)22(25)27-6-2)15-17-11-13-19(26-4)14-12-17/h5,7-14H,1,3,6,15H2,2,4H3. The van der Waals surface area contributed by atoms with Crippen molar-refractivity contribution in [3.63, 3.8) is 0 Å². The van der Waals surface area contributed by atoms with Crippen molar-refractivity contribution < 1.29 is 19.1 Å². The van der Waals surface area contributed by atoms with Crippen LogP contribution >= 0.6 is 0 Å². The van der Waals surface area contributed by atoms with Gasteiger partial charge in [-0.15, -0.1) is 0 Å². The molecular formula is C22H23NO4. The first-order chi connectivity index (χ1) is 13.0. The third kappa shape index (κ3) is 4.85. The van der Waals surface area contributed by atoms with E-state index in [1.807, 2.05) is 18.2 Å². The van der Waals surface area contributed by atoms with E-state index in [0.29, 0.717) is 16.9 Å². The summed E-state index contributed by atoms with van der Waals surface area (Å²) in [6.07, 6.45) is 1.60. The zero-order valence-corrected chi connectivity index (χ0v) is 15.6. The monoisotopic (exact) mass is 365 g/mol. The van der Waals surface area contributed by atoms with Gasteiger partial charge in [0.2, 0.25) is 0 Å². The molecule has 0 aliphatic carbocycles. The molecule has 5 nitrogen and oxygen atoms in total. The fraction of sp³-hybridized carbons (Fsp3) is 0.182. The second-order valence-corrected chi connectivity index (χ2v) is 5.70. The van der Waals surface area contributed by atoms with E-state index in [9.17, 15) is 9.59 Å². The molecule has 1 amide bonds. The molecule has 0 aromatic heterocycles. The van der Waals surface area contributed by atoms with E-state index in [-0.39, 0.29) is 24.8 Å². The average Bonchev–Trinajstić information content (AvgIpc) is 2.71. The number of hydrogen-bond donors (Lipinski definition) is 0. The van der Waals surface area contributed by atoms with Crippen molar-refractivity contribution >= 4 is 18.0 Å². The van der Waals surface area contributed by atoms with Gasteiger partial charge in [-0.25, -0.2) is 4.79 Å². The Morgan fingerprint density at radius 2 is 1.78 bits per heavy atom. The molecule has 0 bridgehead atoms. The Morgan fingerprint density at radius 1 is 1.11 bits per heavy atom. The Bertz CT molecular complexity index is 840. The molecule has 0 saturated heterocycles. The summed E-state index contributed by atoms with van der Waals surface area (Å²) in [5.41, 5.74) is 1.92. The highest BCUT2D eigenvalue weighted by atomic mass is 16.5. The highest BCUT2D eigenvalue weighted by Gasteiger charge is 2.25. The first kappa shape index (κ1) is 20.0. The molecule has 0 atom stereocenters. The van der Waals surface area contributed by atoms with Crippen LogP contribution in [0.15, 0.2) is 67.4 Å². The predicted molar refractivity (Wildman–Crippen MR) is 105 cm³/mol. The minimum atomic E-state index is -0.629. The maximum absolute atomic E-state index is 13.2. The van der Waals surface area contributed by atoms with E-state index in [2.05, 4.69) is 13.2 Å². The normalized spacial score (nSPS) is 10.0. The van der Waals surface area contributed by atoms with Gasteiger partial charge in [0, 0.05) is 5.56 Å². The van der Waals surface area contributed by atoms with Gasteiger partial charge in [-0.05, 0) is 36.2 Å². The zero-order valence-electron chi connectivity index (χ0n) is 15.6. The van der Waals surface area contributed by atoms with Crippen LogP contribution in [0.25, 0.3) is 6.08 Å². The molecule has 5 heteroatoms. The van der Waals surface area contributed by atoms with E-state index < -0.39 is 5.97 Å². The van der Waals surface area contributed by atoms with Crippen LogP contribution in [0.3, 0.4) is 0 Å². The SMILES string of the molecule is C=Cc1ccccc1C(=O)N(Cc1ccc(OC)cc1)C(=C)C(=O)OCC. The lowest BCUT2D eigenvalue weighted by molar-refractivity contribution is -0.140. The fourth-order valence-electron chi connectivity index (χ4n) is 2.54. The van der Waals surface area contributed by atoms with E-state index in [4.69, 9.17) is 9.47 Å². The van der Waals surface area contributed by atoms with E-state index in [0.717, 1.165) is 5.56 Å². The summed E-state index contributed by atoms with van der Waals surface area (Å²) in [6.45, 7) is 9.61. The van der Waals surface area contributed by atoms with Crippen molar-refractivity contribution in [3.05, 3.63) is 84.1 Å². The Balaban J connectivity index is 2.38. The van der Waals surface area contributed by atoms with Gasteiger partial charge >= 0.3 is 5.97 Å². The molecule has 0 unspecified atom stereocenters. The van der Waals surface area contributed by atoms with Crippen LogP contribution in [0.4, 0.5) is 0 Å². The minimum Gasteiger partial charge on any atom is -0.497 e. The van der Waals surface area contributed by atoms with Crippen molar-refractivity contribution in [3.8, 4) is 5.75 Å². The van der Waals surface area contributed by atoms with Gasteiger partial charge < -0.3 is 9.47 Å². The molecule has 0 aliphatic rings. The van der Waals surface area contributed by atoms with Gasteiger partial charge in [-0.2, -0.15) is 0 Å². The Labute approximate surface area is 159 Å². The van der Waals surface area contributed by atoms with Crippen LogP contribution in [0.2, 0.25) is 0 Å². The van der Waals surface area contributed by atoms with Crippen LogP contribution in [-0.4, -0.2) is 30.5 Å². The summed E-state index contributed by atoms with van der Waals surface area (Å²) in [7, 11) is 1.58. The molecule has 0 aliphatic heterocycles. The number of benzene rings is 2. The van der Waals surface area contributed by atoms with Gasteiger partial charge in [0.15, 0.2) is 0 Å². The van der Waals surface area contributed by atoms with Crippen molar-refractivity contribution in [2.24, 2.45) is 0 Å². The largest absolute Gasteiger partial charge is 0.497 e. The summed E-state index contributed by atoms with van der Waals surface area (Å²) in [5.74, 6) is -0.271. The number of rotatable bonds is 8. The van der Waals surface area contributed by atoms with Crippen LogP contribution in [-0.2, 0) is 16.1 Å². The van der Waals surface area contributed by atoms with Crippen LogP contribution in [0.1, 0.15) is 28.4 Å². The molecular weight excluding hydrogens is 342 g/mol. The smallest absolute Gasteiger partial charge is 0.354 e. The second kappa shape index (κ2) is 9.38. The summed E-state index contributed by atoms with van der Waals surface area (Å²) in [5, 5.41) is 0. The fourth-order valence-corrected chi connectivity index (χ4v) is 2.54. The number of ether oxygens (including phenoxy) is 2. The van der Waals surface area contributed by atoms with E-state index >= 15 is 0 Å². The van der Waals surface area contributed by atoms with Crippen LogP contribution < -0.4 is 4.74 Å². The summed E-state index contributed by atoms with van der Waals surface area (Å²) >= 11 is 0. The highest BCUT2D eigenvalue weighted by molar-refractivity contribution is 6.02. The molecule has 27 heavy (non-hydrogen) atoms. The van der Waals surface area contributed by atoms with Crippen LogP contribution in [0, 0.1) is 0 Å². The van der Waals surface area contributed by atoms with Gasteiger partial charge in [0.1, 0.15) is 11.4 Å². The predicted octanol–water partition coefficient (Wildman–Crippen LogP) is 4.06. The van der Waals surface area contributed by atoms with Gasteiger partial charge in [-0.1, -0.05) is 49.6 Å². The maximum Gasteiger partial charge on any atom is 0.354 e. The van der Waals surface area contributed by atoms with Gasteiger partial charge in [0.25, 0.3) is 5.91 Å². The van der Waals surface area contributed by atoms with Crippen molar-refractivity contribution in [2.45, 2.75) is 13.5 Å². The molecule has 0 fully saturated rings. The number of nitrogens with zero attached hydrogens (tertiary/aromatic N) is 1. The van der Waals surface area contributed by atoms with Gasteiger partial charge in [-0.3, -0.25) is 9.69 Å². The highest BCUT2D eigenvalue weighted by Crippen LogP contribution is 2.20. The Hall–Kier alpha value is -3.34. The molecule has 2 aromatic rings. The molecule has 0 radical (unpaired) electrons. The third-order valence-corrected chi connectivity index (χ3v) is 3.99. The number of methoxy groups -OCH3 is 1. The quantitative estimate of drug-likeness (QED) is 0.523. The molecule has 0 N–H and O–H groups in total. The lowest BCUT2D eigenvalue weighted by Gasteiger charge is -2.24. The molecule has 2 rings (SSSR count). The molecule has 0 saturated carbocycles. The summed E-state index contributed by atoms with van der Waals surface area (Å²) in [6, 6.07) is 14.3. The zero-order chi connectivity index (χ0) is 19.8. The van der Waals surface area contributed by atoms with Crippen molar-refractivity contribution in [2.75, 3.05) is 13.7 Å². The number of carbonyl (C=O) groups excluding carboxylic acids is 2. The van der Waals surface area contributed by atoms with Crippen LogP contribution in [0.5, 0.6) is 5.75 Å². The Kier molecular flexibility index (Phi) is 6.94. The summed E-state index contributed by atoms with van der Waals surface area (Å²) in [4.78, 5) is 26.7. The minimum absolute atomic E-state index is 0.0171. The number of esters is 1. The molecule has 2 aromatic carbocycles. The third-order valence-electron chi connectivity index (χ3n) is 3.99. The first-order valence-electron chi connectivity index (χ1n) is 8.54. The summed E-state index contributed by atoms with van der Waals surface area (Å²) < 4.78 is 10.2. The van der Waals surface area contributed by atoms with E-state index in [1.54, 1.807) is 50.4 Å². The first-order valence-corrected chi connectivity index (χ1v) is 8.54. The van der Waals surface area contributed by atoms with Crippen molar-refractivity contribution in [1.29, 1.82) is 0 Å². The number of hydrogen-bond acceptors (Lipinski definition) is 4. The topological polar surface area (TPSA) is 55.8 Å². The maximum atomic E-state index is 13.2. The average molecular weight is 365 g/mol. The molecule has 0 spiro atoms. The number of amides is 1. The number of carbonyl (C=O) groups is 2.